The van der Waals surface area contributed by atoms with Gasteiger partial charge in [0.05, 0.1) is 25.9 Å². The summed E-state index contributed by atoms with van der Waals surface area (Å²) in [6.45, 7) is -1.94. The molecule has 0 aromatic rings. The van der Waals surface area contributed by atoms with Crippen molar-refractivity contribution in [1.29, 1.82) is 0 Å². The van der Waals surface area contributed by atoms with Crippen molar-refractivity contribution in [2.24, 2.45) is 5.73 Å². The van der Waals surface area contributed by atoms with Crippen LogP contribution in [0.4, 0.5) is 0 Å². The molecule has 15 heteroatoms. The van der Waals surface area contributed by atoms with Gasteiger partial charge in [-0.3, -0.25) is 4.79 Å². The molecule has 173 valence electrons. The van der Waals surface area contributed by atoms with Crippen LogP contribution < -0.4 is 5.73 Å². The van der Waals surface area contributed by atoms with Crippen LogP contribution >= 0.6 is 0 Å². The number of hydrogen-bond acceptors (Lipinski definition) is 12. The van der Waals surface area contributed by atoms with Crippen LogP contribution in [0.3, 0.4) is 0 Å². The van der Waals surface area contributed by atoms with Crippen molar-refractivity contribution in [3.05, 3.63) is 5.73 Å². The van der Waals surface area contributed by atoms with E-state index in [2.05, 4.69) is 0 Å². The molecule has 2 rings (SSSR count). The van der Waals surface area contributed by atoms with Gasteiger partial charge in [-0.15, -0.1) is 0 Å². The molecule has 30 heavy (non-hydrogen) atoms. The topological polar surface area (TPSA) is 245 Å². The van der Waals surface area contributed by atoms with Crippen molar-refractivity contribution in [3.8, 4) is 0 Å². The van der Waals surface area contributed by atoms with Crippen LogP contribution in [0, 0.1) is 44.1 Å². The summed E-state index contributed by atoms with van der Waals surface area (Å²) < 4.78 is 21.0. The van der Waals surface area contributed by atoms with E-state index < -0.39 is 93.2 Å². The molecule has 0 bridgehead atoms. The van der Waals surface area contributed by atoms with E-state index >= 15 is 0 Å². The zero-order valence-electron chi connectivity index (χ0n) is 15.8. The molecule has 2 fully saturated rings. The van der Waals surface area contributed by atoms with Crippen LogP contribution in [0.2, 0.25) is 0 Å². The molecule has 10 N–H and O–H groups in total. The number of carboxylic acid groups (broad SMARTS) is 1. The first kappa shape index (κ1) is 28.5. The summed E-state index contributed by atoms with van der Waals surface area (Å²) in [6.07, 6.45) is -13.8. The van der Waals surface area contributed by atoms with Gasteiger partial charge in [0.2, 0.25) is 0 Å². The zero-order valence-corrected chi connectivity index (χ0v) is 20.5. The minimum atomic E-state index is -1.78. The van der Waals surface area contributed by atoms with E-state index in [4.69, 9.17) is 35.5 Å². The van der Waals surface area contributed by atoms with Crippen molar-refractivity contribution in [3.63, 3.8) is 0 Å². The number of nitrogens with one attached hydrogen (secondary N) is 1. The second-order valence-corrected chi connectivity index (χ2v) is 6.82. The fraction of sp³-hybridized carbons (Fsp3) is 0.933. The Balaban J connectivity index is 0.00000450. The van der Waals surface area contributed by atoms with Gasteiger partial charge in [-0.2, -0.15) is 0 Å². The Morgan fingerprint density at radius 3 is 2.03 bits per heavy atom. The molecule has 0 aromatic carbocycles. The van der Waals surface area contributed by atoms with Crippen molar-refractivity contribution in [2.75, 3.05) is 19.8 Å². The van der Waals surface area contributed by atoms with Crippen LogP contribution in [-0.2, 0) is 23.7 Å². The van der Waals surface area contributed by atoms with Crippen molar-refractivity contribution in [1.82, 2.24) is 0 Å². The summed E-state index contributed by atoms with van der Waals surface area (Å²) in [4.78, 5) is 10.8. The summed E-state index contributed by atoms with van der Waals surface area (Å²) in [7, 11) is 0. The van der Waals surface area contributed by atoms with Gasteiger partial charge in [0.25, 0.3) is 0 Å². The molecule has 0 spiro atoms. The average Bonchev–Trinajstić information content (AvgIpc) is 2.70. The van der Waals surface area contributed by atoms with Crippen molar-refractivity contribution >= 4 is 5.97 Å². The predicted molar refractivity (Wildman–Crippen MR) is 90.1 cm³/mol. The second kappa shape index (κ2) is 12.6. The summed E-state index contributed by atoms with van der Waals surface area (Å²) in [5, 5.41) is 67.5. The van der Waals surface area contributed by atoms with E-state index in [0.29, 0.717) is 0 Å². The third-order valence-electron chi connectivity index (χ3n) is 4.75. The Morgan fingerprint density at radius 1 is 0.967 bits per heavy atom. The Morgan fingerprint density at radius 2 is 1.50 bits per heavy atom. The van der Waals surface area contributed by atoms with E-state index in [0.717, 1.165) is 0 Å². The van der Waals surface area contributed by atoms with Gasteiger partial charge in [-0.25, -0.2) is 0 Å². The van der Waals surface area contributed by atoms with Crippen molar-refractivity contribution < 1.29 is 104 Å². The van der Waals surface area contributed by atoms with E-state index in [-0.39, 0.29) is 44.1 Å². The van der Waals surface area contributed by atoms with Gasteiger partial charge in [0.15, 0.2) is 6.29 Å². The molecule has 11 atom stereocenters. The van der Waals surface area contributed by atoms with E-state index in [1.54, 1.807) is 0 Å². The van der Waals surface area contributed by atoms with E-state index in [1.807, 2.05) is 0 Å². The van der Waals surface area contributed by atoms with Crippen LogP contribution in [-0.4, -0.2) is 129 Å². The number of rotatable bonds is 8. The van der Waals surface area contributed by atoms with Gasteiger partial charge in [-0.05, 0) is 0 Å². The van der Waals surface area contributed by atoms with Gasteiger partial charge < -0.3 is 66.2 Å². The quantitative estimate of drug-likeness (QED) is 0.123. The van der Waals surface area contributed by atoms with Crippen molar-refractivity contribution in [2.45, 2.75) is 67.4 Å². The maximum atomic E-state index is 10.8. The van der Waals surface area contributed by atoms with Gasteiger partial charge in [0, 0.05) is 44.1 Å². The average molecular weight is 654 g/mol. The maximum absolute atomic E-state index is 10.8. The molecule has 14 nitrogen and oxygen atoms in total. The molecule has 1 unspecified atom stereocenters. The number of aliphatic hydroxyl groups is 6. The molecule has 2 heterocycles. The molecule has 0 amide bonds. The van der Waals surface area contributed by atoms with Crippen LogP contribution in [0.1, 0.15) is 0 Å². The normalized spacial score (nSPS) is 42.9. The summed E-state index contributed by atoms with van der Waals surface area (Å²) >= 11 is 0. The standard InChI is InChI=1S/C15H27N2O12.Ac/c16-4(13(24)25)3-26-14-7(17)12(9(21)6(2-19)27-14)29-15-11(23)10(22)8(20)5(1-18)28-15;/h4-12,14-15,17-23H,1-3,16H2,(H,24,25);/q-1;/t4-,5+,6+,7+,8+,9+,10-,11+,12?,14+,15-;/m0./s1. The summed E-state index contributed by atoms with van der Waals surface area (Å²) in [5.41, 5.74) is 13.5. The Kier molecular flexibility index (Phi) is 12.0. The first-order chi connectivity index (χ1) is 13.6. The minimum Gasteiger partial charge on any atom is -0.668 e. The minimum absolute atomic E-state index is 0. The Bertz CT molecular complexity index is 546. The first-order valence-corrected chi connectivity index (χ1v) is 8.83. The molecule has 1 radical (unpaired) electrons. The third kappa shape index (κ3) is 6.49. The predicted octanol–water partition coefficient (Wildman–Crippen LogP) is -4.90. The monoisotopic (exact) mass is 654 g/mol. The molecule has 0 aromatic heterocycles. The van der Waals surface area contributed by atoms with Gasteiger partial charge >= 0.3 is 5.97 Å². The Labute approximate surface area is 207 Å². The molecular weight excluding hydrogens is 627 g/mol. The maximum Gasteiger partial charge on any atom is 0.322 e. The smallest absolute Gasteiger partial charge is 0.322 e. The fourth-order valence-corrected chi connectivity index (χ4v) is 2.98. The summed E-state index contributed by atoms with van der Waals surface area (Å²) in [5.74, 6) is -1.35. The number of aliphatic hydroxyl groups excluding tert-OH is 6. The molecular formula is C15H27AcN2O12-. The molecule has 0 saturated carbocycles. The second-order valence-electron chi connectivity index (χ2n) is 6.82. The number of aliphatic carboxylic acids is 1. The van der Waals surface area contributed by atoms with Gasteiger partial charge in [-0.1, -0.05) is 6.04 Å². The zero-order chi connectivity index (χ0) is 21.9. The molecule has 2 aliphatic heterocycles. The number of ether oxygens (including phenoxy) is 4. The van der Waals surface area contributed by atoms with E-state index in [9.17, 15) is 35.4 Å². The fourth-order valence-electron chi connectivity index (χ4n) is 2.98. The first-order valence-electron chi connectivity index (χ1n) is 8.83. The molecule has 2 aliphatic rings. The Hall–Kier alpha value is 0.432. The number of nitrogens with two attached hydrogens (primary N) is 1. The molecule has 2 saturated heterocycles. The number of carboxylic acids is 1. The number of hydrogen-bond donors (Lipinski definition) is 8. The number of carbonyl (C=O) groups is 1. The van der Waals surface area contributed by atoms with Crippen LogP contribution in [0.15, 0.2) is 0 Å². The van der Waals surface area contributed by atoms with Gasteiger partial charge in [0.1, 0.15) is 49.0 Å². The third-order valence-corrected chi connectivity index (χ3v) is 4.75. The summed E-state index contributed by atoms with van der Waals surface area (Å²) in [6, 6.07) is -2.91. The largest absolute Gasteiger partial charge is 0.668 e. The SMILES string of the molecule is [Ac].[NH-][C@@H]1C(O[C@@H]2O[C@H](CO)[C@@H](O)[C@H](O)[C@H]2O)[C@H](O)[C@@H](CO)O[C@H]1OC[C@H](N)C(=O)O. The van der Waals surface area contributed by atoms with E-state index in [1.165, 1.54) is 0 Å². The van der Waals surface area contributed by atoms with Crippen LogP contribution in [0.5, 0.6) is 0 Å². The molecule has 0 aliphatic carbocycles. The van der Waals surface area contributed by atoms with Crippen LogP contribution in [0.25, 0.3) is 5.73 Å².